The van der Waals surface area contributed by atoms with Crippen molar-refractivity contribution < 1.29 is 0 Å². The second-order valence-electron chi connectivity index (χ2n) is 4.12. The maximum atomic E-state index is 12.1. The summed E-state index contributed by atoms with van der Waals surface area (Å²) < 4.78 is 2.67. The van der Waals surface area contributed by atoms with Crippen molar-refractivity contribution >= 4 is 21.4 Å². The fourth-order valence-electron chi connectivity index (χ4n) is 1.88. The zero-order valence-corrected chi connectivity index (χ0v) is 11.0. The Bertz CT molecular complexity index is 818. The van der Waals surface area contributed by atoms with Gasteiger partial charge >= 0.3 is 0 Å². The SMILES string of the molecule is O=c1c2ccsc2ccn1CC#Cc1ccccc1. The van der Waals surface area contributed by atoms with Gasteiger partial charge in [-0.3, -0.25) is 4.79 Å². The average molecular weight is 265 g/mol. The molecule has 0 bridgehead atoms. The predicted octanol–water partition coefficient (Wildman–Crippen LogP) is 3.11. The lowest BCUT2D eigenvalue weighted by Gasteiger charge is -1.99. The molecule has 0 fully saturated rings. The topological polar surface area (TPSA) is 22.0 Å². The van der Waals surface area contributed by atoms with Gasteiger partial charge in [-0.05, 0) is 29.6 Å². The van der Waals surface area contributed by atoms with E-state index in [-0.39, 0.29) is 5.56 Å². The molecule has 0 radical (unpaired) electrons. The van der Waals surface area contributed by atoms with Crippen molar-refractivity contribution in [3.8, 4) is 11.8 Å². The van der Waals surface area contributed by atoms with E-state index in [0.29, 0.717) is 6.54 Å². The molecule has 0 aliphatic heterocycles. The Balaban J connectivity index is 1.89. The molecule has 0 unspecified atom stereocenters. The molecule has 2 aromatic heterocycles. The molecule has 0 aliphatic carbocycles. The van der Waals surface area contributed by atoms with Gasteiger partial charge in [0.1, 0.15) is 0 Å². The van der Waals surface area contributed by atoms with Crippen LogP contribution in [0.5, 0.6) is 0 Å². The third kappa shape index (κ3) is 2.44. The molecule has 92 valence electrons. The number of pyridine rings is 1. The van der Waals surface area contributed by atoms with Gasteiger partial charge < -0.3 is 4.57 Å². The van der Waals surface area contributed by atoms with Gasteiger partial charge in [0.25, 0.3) is 5.56 Å². The van der Waals surface area contributed by atoms with Gasteiger partial charge in [0, 0.05) is 16.5 Å². The van der Waals surface area contributed by atoms with Crippen LogP contribution >= 0.6 is 11.3 Å². The Morgan fingerprint density at radius 1 is 1.11 bits per heavy atom. The highest BCUT2D eigenvalue weighted by Gasteiger charge is 2.01. The standard InChI is InChI=1S/C16H11NOS/c18-16-14-9-12-19-15(14)8-11-17(16)10-4-7-13-5-2-1-3-6-13/h1-3,5-6,8-9,11-12H,10H2. The maximum absolute atomic E-state index is 12.1. The molecule has 2 nitrogen and oxygen atoms in total. The minimum Gasteiger partial charge on any atom is -0.303 e. The molecule has 1 aromatic carbocycles. The third-order valence-electron chi connectivity index (χ3n) is 2.85. The Morgan fingerprint density at radius 2 is 1.95 bits per heavy atom. The lowest BCUT2D eigenvalue weighted by Crippen LogP contribution is -2.18. The van der Waals surface area contributed by atoms with Gasteiger partial charge in [-0.15, -0.1) is 11.3 Å². The highest BCUT2D eigenvalue weighted by molar-refractivity contribution is 7.17. The van der Waals surface area contributed by atoms with E-state index in [9.17, 15) is 4.79 Å². The summed E-state index contributed by atoms with van der Waals surface area (Å²) in [5.41, 5.74) is 0.994. The predicted molar refractivity (Wildman–Crippen MR) is 79.4 cm³/mol. The fourth-order valence-corrected chi connectivity index (χ4v) is 2.65. The molecule has 19 heavy (non-hydrogen) atoms. The molecular weight excluding hydrogens is 254 g/mol. The first-order valence-corrected chi connectivity index (χ1v) is 6.83. The first-order valence-electron chi connectivity index (χ1n) is 5.95. The summed E-state index contributed by atoms with van der Waals surface area (Å²) in [6.45, 7) is 0.416. The van der Waals surface area contributed by atoms with Crippen LogP contribution in [0.15, 0.2) is 58.8 Å². The van der Waals surface area contributed by atoms with Crippen molar-refractivity contribution in [2.24, 2.45) is 0 Å². The van der Waals surface area contributed by atoms with Crippen LogP contribution in [0.3, 0.4) is 0 Å². The van der Waals surface area contributed by atoms with E-state index in [1.807, 2.05) is 47.8 Å². The minimum absolute atomic E-state index is 0.0288. The number of benzene rings is 1. The second-order valence-corrected chi connectivity index (χ2v) is 5.06. The summed E-state index contributed by atoms with van der Waals surface area (Å²) in [6, 6.07) is 13.6. The number of hydrogen-bond acceptors (Lipinski definition) is 2. The quantitative estimate of drug-likeness (QED) is 0.620. The Labute approximate surface area is 114 Å². The lowest BCUT2D eigenvalue weighted by atomic mass is 10.2. The molecule has 0 N–H and O–H groups in total. The number of aromatic nitrogens is 1. The molecule has 0 atom stereocenters. The first-order chi connectivity index (χ1) is 9.34. The molecule has 3 aromatic rings. The Hall–Kier alpha value is -2.31. The van der Waals surface area contributed by atoms with E-state index in [4.69, 9.17) is 0 Å². The normalized spacial score (nSPS) is 10.1. The average Bonchev–Trinajstić information content (AvgIpc) is 2.92. The largest absolute Gasteiger partial charge is 0.303 e. The molecule has 0 saturated heterocycles. The minimum atomic E-state index is 0.0288. The van der Waals surface area contributed by atoms with Crippen molar-refractivity contribution in [2.75, 3.05) is 0 Å². The van der Waals surface area contributed by atoms with Crippen molar-refractivity contribution in [1.29, 1.82) is 0 Å². The molecule has 3 rings (SSSR count). The van der Waals surface area contributed by atoms with Gasteiger partial charge in [0.05, 0.1) is 11.9 Å². The number of rotatable bonds is 1. The van der Waals surface area contributed by atoms with E-state index in [2.05, 4.69) is 11.8 Å². The molecule has 0 aliphatic rings. The van der Waals surface area contributed by atoms with Gasteiger partial charge in [0.15, 0.2) is 0 Å². The van der Waals surface area contributed by atoms with Gasteiger partial charge in [0.2, 0.25) is 0 Å². The summed E-state index contributed by atoms with van der Waals surface area (Å²) >= 11 is 1.58. The molecule has 3 heteroatoms. The van der Waals surface area contributed by atoms with E-state index in [1.165, 1.54) is 0 Å². The van der Waals surface area contributed by atoms with Gasteiger partial charge in [-0.2, -0.15) is 0 Å². The summed E-state index contributed by atoms with van der Waals surface area (Å²) in [5, 5.41) is 2.71. The summed E-state index contributed by atoms with van der Waals surface area (Å²) in [5.74, 6) is 6.09. The van der Waals surface area contributed by atoms with Crippen LogP contribution in [0.2, 0.25) is 0 Å². The highest BCUT2D eigenvalue weighted by Crippen LogP contribution is 2.15. The number of nitrogens with zero attached hydrogens (tertiary/aromatic N) is 1. The monoisotopic (exact) mass is 265 g/mol. The van der Waals surface area contributed by atoms with Crippen LogP contribution in [-0.2, 0) is 6.54 Å². The summed E-state index contributed by atoms with van der Waals surface area (Å²) in [6.07, 6.45) is 1.81. The van der Waals surface area contributed by atoms with Crippen molar-refractivity contribution in [3.05, 3.63) is 70.0 Å². The summed E-state index contributed by atoms with van der Waals surface area (Å²) in [4.78, 5) is 12.1. The van der Waals surface area contributed by atoms with E-state index in [0.717, 1.165) is 15.6 Å². The van der Waals surface area contributed by atoms with Crippen molar-refractivity contribution in [3.63, 3.8) is 0 Å². The molecular formula is C16H11NOS. The first kappa shape index (κ1) is 11.8. The summed E-state index contributed by atoms with van der Waals surface area (Å²) in [7, 11) is 0. The fraction of sp³-hybridized carbons (Fsp3) is 0.0625. The van der Waals surface area contributed by atoms with Crippen LogP contribution in [0, 0.1) is 11.8 Å². The van der Waals surface area contributed by atoms with E-state index < -0.39 is 0 Å². The van der Waals surface area contributed by atoms with Crippen molar-refractivity contribution in [1.82, 2.24) is 4.57 Å². The molecule has 0 amide bonds. The van der Waals surface area contributed by atoms with Gasteiger partial charge in [-0.1, -0.05) is 30.0 Å². The maximum Gasteiger partial charge on any atom is 0.260 e. The number of thiophene rings is 1. The number of fused-ring (bicyclic) bond motifs is 1. The Kier molecular flexibility index (Phi) is 3.18. The van der Waals surface area contributed by atoms with Crippen molar-refractivity contribution in [2.45, 2.75) is 6.54 Å². The zero-order valence-electron chi connectivity index (χ0n) is 10.2. The van der Waals surface area contributed by atoms with E-state index in [1.54, 1.807) is 22.1 Å². The second kappa shape index (κ2) is 5.13. The highest BCUT2D eigenvalue weighted by atomic mass is 32.1. The van der Waals surface area contributed by atoms with Crippen LogP contribution in [0.1, 0.15) is 5.56 Å². The molecule has 0 saturated carbocycles. The van der Waals surface area contributed by atoms with Gasteiger partial charge in [-0.25, -0.2) is 0 Å². The lowest BCUT2D eigenvalue weighted by molar-refractivity contribution is 0.806. The number of hydrogen-bond donors (Lipinski definition) is 0. The molecule has 2 heterocycles. The van der Waals surface area contributed by atoms with Crippen LogP contribution in [0.25, 0.3) is 10.1 Å². The van der Waals surface area contributed by atoms with Crippen LogP contribution < -0.4 is 5.56 Å². The van der Waals surface area contributed by atoms with Crippen LogP contribution in [-0.4, -0.2) is 4.57 Å². The Morgan fingerprint density at radius 3 is 2.79 bits per heavy atom. The smallest absolute Gasteiger partial charge is 0.260 e. The van der Waals surface area contributed by atoms with Crippen LogP contribution in [0.4, 0.5) is 0 Å². The zero-order chi connectivity index (χ0) is 13.1. The van der Waals surface area contributed by atoms with E-state index >= 15 is 0 Å². The molecule has 0 spiro atoms. The third-order valence-corrected chi connectivity index (χ3v) is 3.73.